The van der Waals surface area contributed by atoms with Gasteiger partial charge in [0.1, 0.15) is 5.82 Å². The number of hydrogen-bond donors (Lipinski definition) is 1. The molecule has 7 heteroatoms. The van der Waals surface area contributed by atoms with Crippen molar-refractivity contribution in [2.45, 2.75) is 57.4 Å². The lowest BCUT2D eigenvalue weighted by atomic mass is 9.96. The Morgan fingerprint density at radius 2 is 2.07 bits per heavy atom. The summed E-state index contributed by atoms with van der Waals surface area (Å²) in [6.07, 6.45) is 11.7. The molecule has 28 heavy (non-hydrogen) atoms. The van der Waals surface area contributed by atoms with Crippen molar-refractivity contribution in [2.24, 2.45) is 5.92 Å². The number of carbonyl (C=O) groups is 2. The average molecular weight is 386 g/mol. The zero-order valence-corrected chi connectivity index (χ0v) is 16.4. The lowest BCUT2D eigenvalue weighted by Gasteiger charge is -2.33. The number of allylic oxidation sites excluding steroid dienone is 1. The minimum Gasteiger partial charge on any atom is -0.381 e. The molecule has 2 saturated heterocycles. The second kappa shape index (κ2) is 8.90. The van der Waals surface area contributed by atoms with Crippen LogP contribution in [0.1, 0.15) is 57.4 Å². The molecule has 1 aromatic heterocycles. The molecule has 0 spiro atoms. The minimum absolute atomic E-state index is 0.00706. The summed E-state index contributed by atoms with van der Waals surface area (Å²) in [6, 6.07) is 2.06. The van der Waals surface area contributed by atoms with E-state index in [0.29, 0.717) is 19.6 Å². The third-order valence-electron chi connectivity index (χ3n) is 6.15. The first-order chi connectivity index (χ1) is 13.7. The quantitative estimate of drug-likeness (QED) is 0.790. The third kappa shape index (κ3) is 4.46. The SMILES string of the molecule is O=C(Nc1ccnn1C1CCN(C(=O)CC2=CCCCC2)CC1)C1CCOC1. The maximum Gasteiger partial charge on any atom is 0.231 e. The zero-order chi connectivity index (χ0) is 19.3. The number of anilines is 1. The predicted molar refractivity (Wildman–Crippen MR) is 106 cm³/mol. The first-order valence-electron chi connectivity index (χ1n) is 10.6. The van der Waals surface area contributed by atoms with Crippen LogP contribution in [-0.2, 0) is 14.3 Å². The lowest BCUT2D eigenvalue weighted by Crippen LogP contribution is -2.39. The fraction of sp³-hybridized carbons (Fsp3) is 0.667. The van der Waals surface area contributed by atoms with Crippen LogP contribution in [0.25, 0.3) is 0 Å². The van der Waals surface area contributed by atoms with E-state index in [1.165, 1.54) is 18.4 Å². The third-order valence-corrected chi connectivity index (χ3v) is 6.15. The summed E-state index contributed by atoms with van der Waals surface area (Å²) in [4.78, 5) is 27.0. The summed E-state index contributed by atoms with van der Waals surface area (Å²) in [5.74, 6) is 0.931. The van der Waals surface area contributed by atoms with Gasteiger partial charge in [-0.25, -0.2) is 4.68 Å². The van der Waals surface area contributed by atoms with Gasteiger partial charge >= 0.3 is 0 Å². The average Bonchev–Trinajstić information content (AvgIpc) is 3.41. The van der Waals surface area contributed by atoms with Crippen molar-refractivity contribution < 1.29 is 14.3 Å². The van der Waals surface area contributed by atoms with Crippen molar-refractivity contribution in [3.8, 4) is 0 Å². The number of hydrogen-bond acceptors (Lipinski definition) is 4. The Labute approximate surface area is 166 Å². The Morgan fingerprint density at radius 1 is 1.21 bits per heavy atom. The molecule has 152 valence electrons. The molecule has 2 aliphatic heterocycles. The van der Waals surface area contributed by atoms with Crippen LogP contribution >= 0.6 is 0 Å². The van der Waals surface area contributed by atoms with Gasteiger partial charge in [-0.3, -0.25) is 9.59 Å². The first kappa shape index (κ1) is 19.2. The Bertz CT molecular complexity index is 728. The molecule has 0 saturated carbocycles. The van der Waals surface area contributed by atoms with Crippen LogP contribution in [0.5, 0.6) is 0 Å². The molecule has 0 bridgehead atoms. The Hall–Kier alpha value is -2.15. The summed E-state index contributed by atoms with van der Waals surface area (Å²) >= 11 is 0. The number of aromatic nitrogens is 2. The van der Waals surface area contributed by atoms with Crippen molar-refractivity contribution in [3.63, 3.8) is 0 Å². The molecule has 1 atom stereocenters. The van der Waals surface area contributed by atoms with E-state index in [9.17, 15) is 9.59 Å². The molecule has 1 aliphatic carbocycles. The van der Waals surface area contributed by atoms with Gasteiger partial charge in [0.25, 0.3) is 0 Å². The molecule has 2 amide bonds. The van der Waals surface area contributed by atoms with Crippen LogP contribution in [0, 0.1) is 5.92 Å². The van der Waals surface area contributed by atoms with Crippen LogP contribution in [0.15, 0.2) is 23.9 Å². The minimum atomic E-state index is -0.0723. The van der Waals surface area contributed by atoms with Gasteiger partial charge < -0.3 is 15.0 Å². The number of nitrogens with zero attached hydrogens (tertiary/aromatic N) is 3. The lowest BCUT2D eigenvalue weighted by molar-refractivity contribution is -0.131. The van der Waals surface area contributed by atoms with Crippen molar-refractivity contribution >= 4 is 17.6 Å². The van der Waals surface area contributed by atoms with E-state index in [0.717, 1.165) is 51.0 Å². The van der Waals surface area contributed by atoms with Crippen molar-refractivity contribution in [2.75, 3.05) is 31.6 Å². The topological polar surface area (TPSA) is 76.5 Å². The molecular weight excluding hydrogens is 356 g/mol. The van der Waals surface area contributed by atoms with Crippen LogP contribution < -0.4 is 5.32 Å². The van der Waals surface area contributed by atoms with Gasteiger partial charge in [-0.2, -0.15) is 5.10 Å². The van der Waals surface area contributed by atoms with E-state index < -0.39 is 0 Å². The molecule has 1 unspecified atom stereocenters. The number of rotatable bonds is 5. The van der Waals surface area contributed by atoms with Crippen LogP contribution in [-0.4, -0.2) is 52.8 Å². The number of amides is 2. The van der Waals surface area contributed by atoms with E-state index in [4.69, 9.17) is 4.74 Å². The molecule has 3 heterocycles. The van der Waals surface area contributed by atoms with Gasteiger partial charge in [0.15, 0.2) is 0 Å². The molecule has 0 aromatic carbocycles. The van der Waals surface area contributed by atoms with E-state index in [2.05, 4.69) is 16.5 Å². The van der Waals surface area contributed by atoms with Crippen LogP contribution in [0.3, 0.4) is 0 Å². The fourth-order valence-corrected chi connectivity index (χ4v) is 4.40. The highest BCUT2D eigenvalue weighted by atomic mass is 16.5. The highest BCUT2D eigenvalue weighted by molar-refractivity contribution is 5.92. The number of carbonyl (C=O) groups excluding carboxylic acids is 2. The van der Waals surface area contributed by atoms with Gasteiger partial charge in [0.05, 0.1) is 24.8 Å². The molecule has 4 rings (SSSR count). The first-order valence-corrected chi connectivity index (χ1v) is 10.6. The number of piperidine rings is 1. The van der Waals surface area contributed by atoms with Gasteiger partial charge in [0.2, 0.25) is 11.8 Å². The van der Waals surface area contributed by atoms with Gasteiger partial charge in [-0.1, -0.05) is 11.6 Å². The summed E-state index contributed by atoms with van der Waals surface area (Å²) in [7, 11) is 0. The van der Waals surface area contributed by atoms with Gasteiger partial charge in [-0.15, -0.1) is 0 Å². The largest absolute Gasteiger partial charge is 0.381 e. The maximum absolute atomic E-state index is 12.6. The molecule has 7 nitrogen and oxygen atoms in total. The summed E-state index contributed by atoms with van der Waals surface area (Å²) in [6.45, 7) is 2.65. The Morgan fingerprint density at radius 3 is 2.79 bits per heavy atom. The van der Waals surface area contributed by atoms with Crippen molar-refractivity contribution in [1.29, 1.82) is 0 Å². The van der Waals surface area contributed by atoms with Crippen LogP contribution in [0.2, 0.25) is 0 Å². The molecule has 3 aliphatic rings. The van der Waals surface area contributed by atoms with E-state index >= 15 is 0 Å². The number of nitrogens with one attached hydrogen (secondary N) is 1. The monoisotopic (exact) mass is 386 g/mol. The predicted octanol–water partition coefficient (Wildman–Crippen LogP) is 2.91. The van der Waals surface area contributed by atoms with Gasteiger partial charge in [0, 0.05) is 32.2 Å². The molecule has 0 radical (unpaired) electrons. The highest BCUT2D eigenvalue weighted by Crippen LogP contribution is 2.28. The second-order valence-corrected chi connectivity index (χ2v) is 8.11. The Balaban J connectivity index is 1.30. The van der Waals surface area contributed by atoms with E-state index in [1.807, 2.05) is 15.6 Å². The van der Waals surface area contributed by atoms with Crippen LogP contribution in [0.4, 0.5) is 5.82 Å². The summed E-state index contributed by atoms with van der Waals surface area (Å²) in [5, 5.41) is 7.45. The zero-order valence-electron chi connectivity index (χ0n) is 16.4. The van der Waals surface area contributed by atoms with Crippen molar-refractivity contribution in [3.05, 3.63) is 23.9 Å². The van der Waals surface area contributed by atoms with Gasteiger partial charge in [-0.05, 0) is 44.9 Å². The molecule has 2 fully saturated rings. The number of likely N-dealkylation sites (tertiary alicyclic amines) is 1. The smallest absolute Gasteiger partial charge is 0.231 e. The number of ether oxygens (including phenoxy) is 1. The van der Waals surface area contributed by atoms with Crippen molar-refractivity contribution in [1.82, 2.24) is 14.7 Å². The molecule has 1 N–H and O–H groups in total. The van der Waals surface area contributed by atoms with E-state index in [-0.39, 0.29) is 23.8 Å². The fourth-order valence-electron chi connectivity index (χ4n) is 4.40. The summed E-state index contributed by atoms with van der Waals surface area (Å²) < 4.78 is 7.22. The highest BCUT2D eigenvalue weighted by Gasteiger charge is 2.28. The Kier molecular flexibility index (Phi) is 6.10. The molecular formula is C21H30N4O3. The molecule has 1 aromatic rings. The van der Waals surface area contributed by atoms with E-state index in [1.54, 1.807) is 6.20 Å². The standard InChI is InChI=1S/C21H30N4O3/c26-20(14-16-4-2-1-3-5-16)24-11-7-18(8-12-24)25-19(6-10-22-25)23-21(27)17-9-13-28-15-17/h4,6,10,17-18H,1-3,5,7-9,11-15H2,(H,23,27). The second-order valence-electron chi connectivity index (χ2n) is 8.11. The summed E-state index contributed by atoms with van der Waals surface area (Å²) in [5.41, 5.74) is 1.31. The normalized spacial score (nSPS) is 23.5. The maximum atomic E-state index is 12.6.